The van der Waals surface area contributed by atoms with Crippen LogP contribution in [0.2, 0.25) is 0 Å². The van der Waals surface area contributed by atoms with Gasteiger partial charge < -0.3 is 10.1 Å². The summed E-state index contributed by atoms with van der Waals surface area (Å²) >= 11 is 0. The van der Waals surface area contributed by atoms with Gasteiger partial charge in [0.1, 0.15) is 17.3 Å². The van der Waals surface area contributed by atoms with Crippen LogP contribution >= 0.6 is 0 Å². The van der Waals surface area contributed by atoms with Gasteiger partial charge in [-0.15, -0.1) is 0 Å². The Bertz CT molecular complexity index is 630. The van der Waals surface area contributed by atoms with E-state index in [9.17, 15) is 4.39 Å². The molecule has 0 bridgehead atoms. The van der Waals surface area contributed by atoms with Crippen molar-refractivity contribution in [1.29, 1.82) is 0 Å². The highest BCUT2D eigenvalue weighted by molar-refractivity contribution is 5.33. The third kappa shape index (κ3) is 4.53. The molecule has 1 aliphatic rings. The Balaban J connectivity index is 1.55. The standard InChI is InChI=1S/C19H23FN2O/c1-21-12-16-9-10-22(14-16)13-15-5-7-18(8-6-15)23-19-4-2-3-17(20)11-19/h2-8,11,16,21H,9-10,12-14H2,1H3. The Hall–Kier alpha value is -1.91. The molecule has 2 aromatic carbocycles. The second-order valence-corrected chi connectivity index (χ2v) is 6.15. The number of ether oxygens (including phenoxy) is 1. The minimum Gasteiger partial charge on any atom is -0.457 e. The van der Waals surface area contributed by atoms with Crippen LogP contribution in [0.4, 0.5) is 4.39 Å². The normalized spacial score (nSPS) is 18.3. The van der Waals surface area contributed by atoms with Crippen LogP contribution in [0.3, 0.4) is 0 Å². The van der Waals surface area contributed by atoms with Crippen LogP contribution in [0.5, 0.6) is 11.5 Å². The lowest BCUT2D eigenvalue weighted by molar-refractivity contribution is 0.315. The van der Waals surface area contributed by atoms with E-state index in [2.05, 4.69) is 22.3 Å². The lowest BCUT2D eigenvalue weighted by Crippen LogP contribution is -2.24. The minimum absolute atomic E-state index is 0.288. The fourth-order valence-electron chi connectivity index (χ4n) is 3.10. The zero-order valence-corrected chi connectivity index (χ0v) is 13.5. The molecule has 0 aromatic heterocycles. The molecule has 3 nitrogen and oxygen atoms in total. The van der Waals surface area contributed by atoms with Crippen molar-refractivity contribution in [3.8, 4) is 11.5 Å². The van der Waals surface area contributed by atoms with E-state index in [1.807, 2.05) is 19.2 Å². The quantitative estimate of drug-likeness (QED) is 0.880. The lowest BCUT2D eigenvalue weighted by atomic mass is 10.1. The third-order valence-corrected chi connectivity index (χ3v) is 4.22. The zero-order chi connectivity index (χ0) is 16.1. The summed E-state index contributed by atoms with van der Waals surface area (Å²) in [6.07, 6.45) is 1.27. The molecule has 1 heterocycles. The van der Waals surface area contributed by atoms with Gasteiger partial charge in [0.05, 0.1) is 0 Å². The fourth-order valence-corrected chi connectivity index (χ4v) is 3.10. The van der Waals surface area contributed by atoms with Gasteiger partial charge >= 0.3 is 0 Å². The van der Waals surface area contributed by atoms with E-state index in [0.29, 0.717) is 5.75 Å². The number of hydrogen-bond donors (Lipinski definition) is 1. The van der Waals surface area contributed by atoms with Gasteiger partial charge in [0.15, 0.2) is 0 Å². The number of hydrogen-bond acceptors (Lipinski definition) is 3. The molecule has 1 saturated heterocycles. The van der Waals surface area contributed by atoms with E-state index in [-0.39, 0.29) is 5.82 Å². The van der Waals surface area contributed by atoms with E-state index < -0.39 is 0 Å². The smallest absolute Gasteiger partial charge is 0.130 e. The molecule has 0 saturated carbocycles. The van der Waals surface area contributed by atoms with Gasteiger partial charge in [-0.3, -0.25) is 4.90 Å². The number of benzene rings is 2. The molecule has 2 aromatic rings. The topological polar surface area (TPSA) is 24.5 Å². The fraction of sp³-hybridized carbons (Fsp3) is 0.368. The van der Waals surface area contributed by atoms with Crippen molar-refractivity contribution in [3.05, 3.63) is 59.9 Å². The summed E-state index contributed by atoms with van der Waals surface area (Å²) in [5, 5.41) is 3.26. The molecule has 0 amide bonds. The first kappa shape index (κ1) is 16.0. The molecule has 122 valence electrons. The summed E-state index contributed by atoms with van der Waals surface area (Å²) in [6, 6.07) is 14.3. The molecular formula is C19H23FN2O. The second kappa shape index (κ2) is 7.57. The maximum Gasteiger partial charge on any atom is 0.130 e. The van der Waals surface area contributed by atoms with Gasteiger partial charge in [-0.2, -0.15) is 0 Å². The van der Waals surface area contributed by atoms with Crippen molar-refractivity contribution in [2.45, 2.75) is 13.0 Å². The predicted octanol–water partition coefficient (Wildman–Crippen LogP) is 3.66. The highest BCUT2D eigenvalue weighted by Crippen LogP contribution is 2.23. The summed E-state index contributed by atoms with van der Waals surface area (Å²) in [7, 11) is 2.01. The van der Waals surface area contributed by atoms with Crippen LogP contribution in [0, 0.1) is 11.7 Å². The van der Waals surface area contributed by atoms with Gasteiger partial charge in [0.2, 0.25) is 0 Å². The molecule has 1 N–H and O–H groups in total. The van der Waals surface area contributed by atoms with E-state index in [1.165, 1.54) is 24.1 Å². The highest BCUT2D eigenvalue weighted by Gasteiger charge is 2.21. The van der Waals surface area contributed by atoms with Crippen LogP contribution in [0.1, 0.15) is 12.0 Å². The first-order chi connectivity index (χ1) is 11.2. The molecule has 0 aliphatic carbocycles. The van der Waals surface area contributed by atoms with E-state index >= 15 is 0 Å². The maximum atomic E-state index is 13.2. The Morgan fingerprint density at radius 2 is 2.00 bits per heavy atom. The van der Waals surface area contributed by atoms with Crippen LogP contribution in [-0.4, -0.2) is 31.6 Å². The number of nitrogens with zero attached hydrogens (tertiary/aromatic N) is 1. The van der Waals surface area contributed by atoms with Crippen molar-refractivity contribution in [3.63, 3.8) is 0 Å². The average Bonchev–Trinajstić information content (AvgIpc) is 2.97. The van der Waals surface area contributed by atoms with Crippen molar-refractivity contribution in [2.75, 3.05) is 26.7 Å². The molecule has 23 heavy (non-hydrogen) atoms. The number of nitrogens with one attached hydrogen (secondary N) is 1. The van der Waals surface area contributed by atoms with Gasteiger partial charge in [-0.05, 0) is 62.3 Å². The van der Waals surface area contributed by atoms with Gasteiger partial charge in [-0.25, -0.2) is 4.39 Å². The van der Waals surface area contributed by atoms with Gasteiger partial charge in [-0.1, -0.05) is 18.2 Å². The molecule has 1 aliphatic heterocycles. The van der Waals surface area contributed by atoms with Gasteiger partial charge in [0, 0.05) is 19.2 Å². The minimum atomic E-state index is -0.288. The molecule has 0 spiro atoms. The first-order valence-electron chi connectivity index (χ1n) is 8.12. The summed E-state index contributed by atoms with van der Waals surface area (Å²) in [5.74, 6) is 1.72. The third-order valence-electron chi connectivity index (χ3n) is 4.22. The Morgan fingerprint density at radius 3 is 2.74 bits per heavy atom. The monoisotopic (exact) mass is 314 g/mol. The molecular weight excluding hydrogens is 291 g/mol. The van der Waals surface area contributed by atoms with Crippen molar-refractivity contribution >= 4 is 0 Å². The molecule has 4 heteroatoms. The van der Waals surface area contributed by atoms with Crippen LogP contribution in [0.15, 0.2) is 48.5 Å². The number of rotatable bonds is 6. The van der Waals surface area contributed by atoms with Crippen molar-refractivity contribution in [2.24, 2.45) is 5.92 Å². The summed E-state index contributed by atoms with van der Waals surface area (Å²) in [5.41, 5.74) is 1.28. The van der Waals surface area contributed by atoms with Crippen LogP contribution < -0.4 is 10.1 Å². The molecule has 3 rings (SSSR count). The van der Waals surface area contributed by atoms with Crippen LogP contribution in [0.25, 0.3) is 0 Å². The summed E-state index contributed by atoms with van der Waals surface area (Å²) in [6.45, 7) is 4.38. The zero-order valence-electron chi connectivity index (χ0n) is 13.5. The molecule has 1 atom stereocenters. The number of halogens is 1. The Kier molecular flexibility index (Phi) is 5.26. The SMILES string of the molecule is CNCC1CCN(Cc2ccc(Oc3cccc(F)c3)cc2)C1. The lowest BCUT2D eigenvalue weighted by Gasteiger charge is -2.16. The summed E-state index contributed by atoms with van der Waals surface area (Å²) in [4.78, 5) is 2.49. The Morgan fingerprint density at radius 1 is 1.17 bits per heavy atom. The molecule has 0 radical (unpaired) electrons. The molecule has 1 unspecified atom stereocenters. The van der Waals surface area contributed by atoms with E-state index in [0.717, 1.165) is 37.8 Å². The second-order valence-electron chi connectivity index (χ2n) is 6.15. The van der Waals surface area contributed by atoms with Crippen LogP contribution in [-0.2, 0) is 6.54 Å². The number of likely N-dealkylation sites (tertiary alicyclic amines) is 1. The highest BCUT2D eigenvalue weighted by atomic mass is 19.1. The van der Waals surface area contributed by atoms with E-state index in [4.69, 9.17) is 4.74 Å². The Labute approximate surface area is 137 Å². The van der Waals surface area contributed by atoms with Gasteiger partial charge in [0.25, 0.3) is 0 Å². The van der Waals surface area contributed by atoms with Crippen molar-refractivity contribution < 1.29 is 9.13 Å². The largest absolute Gasteiger partial charge is 0.457 e. The average molecular weight is 314 g/mol. The maximum absolute atomic E-state index is 13.2. The first-order valence-corrected chi connectivity index (χ1v) is 8.12. The van der Waals surface area contributed by atoms with Crippen molar-refractivity contribution in [1.82, 2.24) is 10.2 Å². The predicted molar refractivity (Wildman–Crippen MR) is 90.2 cm³/mol. The summed E-state index contributed by atoms with van der Waals surface area (Å²) < 4.78 is 18.8. The molecule has 1 fully saturated rings. The van der Waals surface area contributed by atoms with E-state index in [1.54, 1.807) is 12.1 Å².